The van der Waals surface area contributed by atoms with E-state index in [9.17, 15) is 9.59 Å². The number of anilines is 2. The van der Waals surface area contributed by atoms with Gasteiger partial charge in [0, 0.05) is 0 Å². The molecular formula is C12H14N6O2. The monoisotopic (exact) mass is 274 g/mol. The summed E-state index contributed by atoms with van der Waals surface area (Å²) in [6, 6.07) is 7.11. The zero-order valence-electron chi connectivity index (χ0n) is 10.6. The van der Waals surface area contributed by atoms with Crippen LogP contribution in [0.3, 0.4) is 0 Å². The van der Waals surface area contributed by atoms with Gasteiger partial charge in [-0.05, 0) is 12.1 Å². The van der Waals surface area contributed by atoms with Gasteiger partial charge in [-0.15, -0.1) is 0 Å². The van der Waals surface area contributed by atoms with Gasteiger partial charge in [0.15, 0.2) is 11.6 Å². The molecule has 104 valence electrons. The van der Waals surface area contributed by atoms with Crippen LogP contribution in [0, 0.1) is 0 Å². The predicted octanol–water partition coefficient (Wildman–Crippen LogP) is -1.01. The minimum absolute atomic E-state index is 0.103. The molecular weight excluding hydrogens is 260 g/mol. The number of carbonyl (C=O) groups is 2. The maximum absolute atomic E-state index is 11.1. The van der Waals surface area contributed by atoms with Gasteiger partial charge in [0.25, 0.3) is 0 Å². The highest BCUT2D eigenvalue weighted by Gasteiger charge is 2.17. The number of nitrogen functional groups attached to an aromatic ring is 1. The molecule has 8 heteroatoms. The van der Waals surface area contributed by atoms with Gasteiger partial charge < -0.3 is 22.1 Å². The van der Waals surface area contributed by atoms with Gasteiger partial charge in [-0.3, -0.25) is 9.59 Å². The van der Waals surface area contributed by atoms with Crippen LogP contribution in [0.4, 0.5) is 11.6 Å². The van der Waals surface area contributed by atoms with Crippen molar-refractivity contribution < 1.29 is 9.59 Å². The largest absolute Gasteiger partial charge is 0.381 e. The molecule has 0 aliphatic carbocycles. The van der Waals surface area contributed by atoms with Crippen LogP contribution >= 0.6 is 0 Å². The summed E-state index contributed by atoms with van der Waals surface area (Å²) in [5, 5.41) is 0. The molecule has 0 fully saturated rings. The third kappa shape index (κ3) is 2.91. The summed E-state index contributed by atoms with van der Waals surface area (Å²) in [6.07, 6.45) is 0. The SMILES string of the molecule is NC(=O)CN(CC(N)=O)c1nc2ccccc2nc1N. The molecule has 0 saturated carbocycles. The number of aromatic nitrogens is 2. The Morgan fingerprint density at radius 2 is 1.50 bits per heavy atom. The predicted molar refractivity (Wildman–Crippen MR) is 74.6 cm³/mol. The molecule has 2 rings (SSSR count). The van der Waals surface area contributed by atoms with Gasteiger partial charge in [-0.25, -0.2) is 9.97 Å². The lowest BCUT2D eigenvalue weighted by Gasteiger charge is -2.21. The van der Waals surface area contributed by atoms with Gasteiger partial charge in [0.05, 0.1) is 24.1 Å². The molecule has 0 radical (unpaired) electrons. The second-order valence-corrected chi connectivity index (χ2v) is 4.21. The fourth-order valence-electron chi connectivity index (χ4n) is 1.82. The van der Waals surface area contributed by atoms with E-state index >= 15 is 0 Å². The summed E-state index contributed by atoms with van der Waals surface area (Å²) in [5.41, 5.74) is 17.3. The van der Waals surface area contributed by atoms with Crippen molar-refractivity contribution in [2.24, 2.45) is 11.5 Å². The molecule has 6 N–H and O–H groups in total. The number of nitrogens with zero attached hydrogens (tertiary/aromatic N) is 3. The van der Waals surface area contributed by atoms with Gasteiger partial charge in [-0.2, -0.15) is 0 Å². The maximum atomic E-state index is 11.1. The number of benzene rings is 1. The molecule has 2 aromatic rings. The zero-order chi connectivity index (χ0) is 14.7. The number of para-hydroxylation sites is 2. The number of nitrogens with two attached hydrogens (primary N) is 3. The number of hydrogen-bond acceptors (Lipinski definition) is 6. The Hall–Kier alpha value is -2.90. The molecule has 1 heterocycles. The van der Waals surface area contributed by atoms with E-state index in [2.05, 4.69) is 9.97 Å². The molecule has 1 aromatic heterocycles. The van der Waals surface area contributed by atoms with E-state index in [0.717, 1.165) is 0 Å². The summed E-state index contributed by atoms with van der Waals surface area (Å²) >= 11 is 0. The average Bonchev–Trinajstić information content (AvgIpc) is 2.36. The van der Waals surface area contributed by atoms with Crippen molar-refractivity contribution in [3.8, 4) is 0 Å². The Bertz CT molecular complexity index is 656. The van der Waals surface area contributed by atoms with Crippen LogP contribution in [0.2, 0.25) is 0 Å². The van der Waals surface area contributed by atoms with E-state index in [1.165, 1.54) is 4.90 Å². The topological polar surface area (TPSA) is 141 Å². The summed E-state index contributed by atoms with van der Waals surface area (Å²) in [6.45, 7) is -0.444. The second kappa shape index (κ2) is 5.39. The van der Waals surface area contributed by atoms with Gasteiger partial charge >= 0.3 is 0 Å². The molecule has 0 aliphatic heterocycles. The first kappa shape index (κ1) is 13.5. The third-order valence-corrected chi connectivity index (χ3v) is 2.57. The number of rotatable bonds is 5. The molecule has 0 atom stereocenters. The number of hydrogen-bond donors (Lipinski definition) is 3. The van der Waals surface area contributed by atoms with E-state index in [1.54, 1.807) is 24.3 Å². The first-order valence-corrected chi connectivity index (χ1v) is 5.81. The second-order valence-electron chi connectivity index (χ2n) is 4.21. The number of primary amides is 2. The summed E-state index contributed by atoms with van der Waals surface area (Å²) < 4.78 is 0. The van der Waals surface area contributed by atoms with E-state index in [0.29, 0.717) is 11.0 Å². The Balaban J connectivity index is 2.48. The van der Waals surface area contributed by atoms with Crippen molar-refractivity contribution in [3.05, 3.63) is 24.3 Å². The van der Waals surface area contributed by atoms with Gasteiger partial charge in [0.2, 0.25) is 11.8 Å². The van der Waals surface area contributed by atoms with Crippen LogP contribution in [0.1, 0.15) is 0 Å². The fraction of sp³-hybridized carbons (Fsp3) is 0.167. The molecule has 8 nitrogen and oxygen atoms in total. The lowest BCUT2D eigenvalue weighted by atomic mass is 10.3. The lowest BCUT2D eigenvalue weighted by molar-refractivity contribution is -0.117. The molecule has 1 aromatic carbocycles. The van der Waals surface area contributed by atoms with Crippen LogP contribution in [0.5, 0.6) is 0 Å². The van der Waals surface area contributed by atoms with E-state index in [4.69, 9.17) is 17.2 Å². The molecule has 0 spiro atoms. The van der Waals surface area contributed by atoms with Crippen LogP contribution in [-0.2, 0) is 9.59 Å². The van der Waals surface area contributed by atoms with Gasteiger partial charge in [-0.1, -0.05) is 12.1 Å². The highest BCUT2D eigenvalue weighted by atomic mass is 16.2. The standard InChI is InChI=1S/C12H14N6O2/c13-9(19)5-18(6-10(14)20)12-11(15)16-7-3-1-2-4-8(7)17-12/h1-4H,5-6H2,(H2,13,19)(H2,14,20)(H2,15,16). The van der Waals surface area contributed by atoms with E-state index in [1.807, 2.05) is 0 Å². The molecule has 0 bridgehead atoms. The lowest BCUT2D eigenvalue weighted by Crippen LogP contribution is -2.40. The first-order chi connectivity index (χ1) is 9.47. The Labute approximate surface area is 114 Å². The Morgan fingerprint density at radius 3 is 2.00 bits per heavy atom. The van der Waals surface area contributed by atoms with Gasteiger partial charge in [0.1, 0.15) is 0 Å². The van der Waals surface area contributed by atoms with Crippen molar-refractivity contribution in [3.63, 3.8) is 0 Å². The highest BCUT2D eigenvalue weighted by molar-refractivity contribution is 5.87. The van der Waals surface area contributed by atoms with Crippen LogP contribution in [-0.4, -0.2) is 34.9 Å². The van der Waals surface area contributed by atoms with Crippen LogP contribution in [0.15, 0.2) is 24.3 Å². The normalized spacial score (nSPS) is 10.4. The van der Waals surface area contributed by atoms with Crippen LogP contribution in [0.25, 0.3) is 11.0 Å². The summed E-state index contributed by atoms with van der Waals surface area (Å²) in [5.74, 6) is -0.936. The zero-order valence-corrected chi connectivity index (χ0v) is 10.6. The average molecular weight is 274 g/mol. The summed E-state index contributed by atoms with van der Waals surface area (Å²) in [7, 11) is 0. The van der Waals surface area contributed by atoms with Crippen molar-refractivity contribution in [1.29, 1.82) is 0 Å². The van der Waals surface area contributed by atoms with E-state index < -0.39 is 11.8 Å². The van der Waals surface area contributed by atoms with Crippen molar-refractivity contribution in [2.45, 2.75) is 0 Å². The molecule has 0 unspecified atom stereocenters. The maximum Gasteiger partial charge on any atom is 0.237 e. The van der Waals surface area contributed by atoms with E-state index in [-0.39, 0.29) is 24.7 Å². The third-order valence-electron chi connectivity index (χ3n) is 2.57. The summed E-state index contributed by atoms with van der Waals surface area (Å²) in [4.78, 5) is 31.9. The Kier molecular flexibility index (Phi) is 3.65. The molecule has 0 aliphatic rings. The minimum Gasteiger partial charge on any atom is -0.381 e. The minimum atomic E-state index is -0.624. The number of fused-ring (bicyclic) bond motifs is 1. The molecule has 0 saturated heterocycles. The molecule has 20 heavy (non-hydrogen) atoms. The van der Waals surface area contributed by atoms with Crippen LogP contribution < -0.4 is 22.1 Å². The first-order valence-electron chi connectivity index (χ1n) is 5.81. The Morgan fingerprint density at radius 1 is 1.00 bits per heavy atom. The fourth-order valence-corrected chi connectivity index (χ4v) is 1.82. The smallest absolute Gasteiger partial charge is 0.237 e. The van der Waals surface area contributed by atoms with Crippen molar-refractivity contribution in [1.82, 2.24) is 9.97 Å². The van der Waals surface area contributed by atoms with Crippen molar-refractivity contribution >= 4 is 34.5 Å². The van der Waals surface area contributed by atoms with Crippen molar-refractivity contribution in [2.75, 3.05) is 23.7 Å². The molecule has 2 amide bonds. The number of carbonyl (C=O) groups excluding carboxylic acids is 2. The quantitative estimate of drug-likeness (QED) is 0.637. The number of amides is 2. The highest BCUT2D eigenvalue weighted by Crippen LogP contribution is 2.21.